The molecule has 5 heteroatoms. The minimum Gasteiger partial charge on any atom is -0.369 e. The lowest BCUT2D eigenvalue weighted by Crippen LogP contribution is -2.43. The van der Waals surface area contributed by atoms with Crippen LogP contribution in [0, 0.1) is 0 Å². The number of rotatable bonds is 10. The molecule has 1 aliphatic rings. The SMILES string of the molecule is CCCCCCCSc1ccc(NC(=O)c2cccc(N3CCNCC3)c2)cc1. The quantitative estimate of drug-likeness (QED) is 0.405. The zero-order valence-corrected chi connectivity index (χ0v) is 18.3. The highest BCUT2D eigenvalue weighted by molar-refractivity contribution is 7.99. The number of carbonyl (C=O) groups is 1. The number of amides is 1. The molecule has 1 heterocycles. The molecule has 0 spiro atoms. The lowest BCUT2D eigenvalue weighted by atomic mass is 10.1. The van der Waals surface area contributed by atoms with Gasteiger partial charge in [0.25, 0.3) is 5.91 Å². The number of thioether (sulfide) groups is 1. The van der Waals surface area contributed by atoms with E-state index in [4.69, 9.17) is 0 Å². The summed E-state index contributed by atoms with van der Waals surface area (Å²) in [6.07, 6.45) is 6.57. The van der Waals surface area contributed by atoms with Gasteiger partial charge >= 0.3 is 0 Å². The van der Waals surface area contributed by atoms with Crippen LogP contribution < -0.4 is 15.5 Å². The lowest BCUT2D eigenvalue weighted by molar-refractivity contribution is 0.102. The van der Waals surface area contributed by atoms with Crippen molar-refractivity contribution in [2.75, 3.05) is 42.1 Å². The van der Waals surface area contributed by atoms with Gasteiger partial charge in [-0.3, -0.25) is 4.79 Å². The van der Waals surface area contributed by atoms with Crippen LogP contribution in [0.5, 0.6) is 0 Å². The number of anilines is 2. The van der Waals surface area contributed by atoms with Gasteiger partial charge in [-0.15, -0.1) is 11.8 Å². The second-order valence-electron chi connectivity index (χ2n) is 7.53. The Kier molecular flexibility index (Phi) is 8.90. The Labute approximate surface area is 179 Å². The van der Waals surface area contributed by atoms with Crippen LogP contribution in [0.1, 0.15) is 49.4 Å². The van der Waals surface area contributed by atoms with Crippen molar-refractivity contribution in [3.8, 4) is 0 Å². The van der Waals surface area contributed by atoms with E-state index in [-0.39, 0.29) is 5.91 Å². The van der Waals surface area contributed by atoms with Crippen LogP contribution in [0.2, 0.25) is 0 Å². The van der Waals surface area contributed by atoms with Crippen molar-refractivity contribution < 1.29 is 4.79 Å². The van der Waals surface area contributed by atoms with Crippen LogP contribution in [0.3, 0.4) is 0 Å². The first kappa shape index (κ1) is 21.7. The molecule has 1 amide bonds. The summed E-state index contributed by atoms with van der Waals surface area (Å²) in [5.41, 5.74) is 2.66. The molecule has 0 radical (unpaired) electrons. The molecule has 3 rings (SSSR count). The molecule has 2 aromatic carbocycles. The van der Waals surface area contributed by atoms with E-state index >= 15 is 0 Å². The zero-order valence-electron chi connectivity index (χ0n) is 17.5. The summed E-state index contributed by atoms with van der Waals surface area (Å²) >= 11 is 1.90. The second-order valence-corrected chi connectivity index (χ2v) is 8.70. The molecular formula is C24H33N3OS. The van der Waals surface area contributed by atoms with Gasteiger partial charge in [-0.05, 0) is 54.6 Å². The van der Waals surface area contributed by atoms with Crippen LogP contribution in [0.4, 0.5) is 11.4 Å². The number of unbranched alkanes of at least 4 members (excludes halogenated alkanes) is 4. The largest absolute Gasteiger partial charge is 0.369 e. The van der Waals surface area contributed by atoms with E-state index in [1.165, 1.54) is 37.0 Å². The number of carbonyl (C=O) groups excluding carboxylic acids is 1. The van der Waals surface area contributed by atoms with E-state index in [1.54, 1.807) is 0 Å². The summed E-state index contributed by atoms with van der Waals surface area (Å²) in [4.78, 5) is 16.3. The highest BCUT2D eigenvalue weighted by Gasteiger charge is 2.13. The van der Waals surface area contributed by atoms with Crippen molar-refractivity contribution in [3.63, 3.8) is 0 Å². The van der Waals surface area contributed by atoms with Gasteiger partial charge in [0, 0.05) is 48.0 Å². The molecule has 0 atom stereocenters. The highest BCUT2D eigenvalue weighted by Crippen LogP contribution is 2.23. The summed E-state index contributed by atoms with van der Waals surface area (Å²) in [5.74, 6) is 1.10. The Bertz CT molecular complexity index is 757. The van der Waals surface area contributed by atoms with E-state index < -0.39 is 0 Å². The number of nitrogens with zero attached hydrogens (tertiary/aromatic N) is 1. The minimum atomic E-state index is -0.0571. The second kappa shape index (κ2) is 11.9. The van der Waals surface area contributed by atoms with Crippen molar-refractivity contribution >= 4 is 29.0 Å². The maximum absolute atomic E-state index is 12.7. The standard InChI is InChI=1S/C24H33N3OS/c1-2-3-4-5-6-18-29-23-12-10-21(11-13-23)26-24(28)20-8-7-9-22(19-20)27-16-14-25-15-17-27/h7-13,19,25H,2-6,14-18H2,1H3,(H,26,28). The molecule has 156 valence electrons. The van der Waals surface area contributed by atoms with E-state index in [0.717, 1.165) is 43.3 Å². The molecule has 1 saturated heterocycles. The molecule has 0 saturated carbocycles. The molecule has 2 aromatic rings. The molecule has 2 N–H and O–H groups in total. The molecule has 29 heavy (non-hydrogen) atoms. The van der Waals surface area contributed by atoms with Gasteiger partial charge < -0.3 is 15.5 Å². The molecule has 0 unspecified atom stereocenters. The Morgan fingerprint density at radius 1 is 1.03 bits per heavy atom. The smallest absolute Gasteiger partial charge is 0.255 e. The summed E-state index contributed by atoms with van der Waals surface area (Å²) in [6, 6.07) is 16.1. The van der Waals surface area contributed by atoms with Crippen molar-refractivity contribution in [2.24, 2.45) is 0 Å². The third-order valence-corrected chi connectivity index (χ3v) is 6.32. The minimum absolute atomic E-state index is 0.0571. The van der Waals surface area contributed by atoms with E-state index in [9.17, 15) is 4.79 Å². The maximum atomic E-state index is 12.7. The fourth-order valence-electron chi connectivity index (χ4n) is 3.50. The average Bonchev–Trinajstić information content (AvgIpc) is 2.78. The van der Waals surface area contributed by atoms with Gasteiger partial charge in [0.05, 0.1) is 0 Å². The lowest BCUT2D eigenvalue weighted by Gasteiger charge is -2.29. The Morgan fingerprint density at radius 2 is 1.79 bits per heavy atom. The van der Waals surface area contributed by atoms with Crippen molar-refractivity contribution in [1.29, 1.82) is 0 Å². The summed E-state index contributed by atoms with van der Waals surface area (Å²) in [6.45, 7) is 6.17. The van der Waals surface area contributed by atoms with E-state index in [0.29, 0.717) is 5.56 Å². The molecule has 1 fully saturated rings. The third-order valence-electron chi connectivity index (χ3n) is 5.22. The molecule has 4 nitrogen and oxygen atoms in total. The predicted octanol–water partition coefficient (Wildman–Crippen LogP) is 5.41. The average molecular weight is 412 g/mol. The number of hydrogen-bond donors (Lipinski definition) is 2. The van der Waals surface area contributed by atoms with E-state index in [1.807, 2.05) is 42.1 Å². The Hall–Kier alpha value is -1.98. The first-order valence-corrected chi connectivity index (χ1v) is 11.8. The van der Waals surface area contributed by atoms with Gasteiger partial charge in [0.2, 0.25) is 0 Å². The number of hydrogen-bond acceptors (Lipinski definition) is 4. The van der Waals surface area contributed by atoms with E-state index in [2.05, 4.69) is 40.7 Å². The number of benzene rings is 2. The maximum Gasteiger partial charge on any atom is 0.255 e. The highest BCUT2D eigenvalue weighted by atomic mass is 32.2. The van der Waals surface area contributed by atoms with Crippen molar-refractivity contribution in [2.45, 2.75) is 43.9 Å². The third kappa shape index (κ3) is 7.09. The monoisotopic (exact) mass is 411 g/mol. The first-order valence-electron chi connectivity index (χ1n) is 10.9. The van der Waals surface area contributed by atoms with Gasteiger partial charge in [-0.25, -0.2) is 0 Å². The van der Waals surface area contributed by atoms with Crippen LogP contribution in [-0.4, -0.2) is 37.8 Å². The molecular weight excluding hydrogens is 378 g/mol. The number of nitrogens with one attached hydrogen (secondary N) is 2. The van der Waals surface area contributed by atoms with Crippen molar-refractivity contribution in [1.82, 2.24) is 5.32 Å². The summed E-state index contributed by atoms with van der Waals surface area (Å²) in [5, 5.41) is 6.39. The Balaban J connectivity index is 1.49. The topological polar surface area (TPSA) is 44.4 Å². The molecule has 0 aliphatic carbocycles. The van der Waals surface area contributed by atoms with Gasteiger partial charge in [0.15, 0.2) is 0 Å². The number of piperazine rings is 1. The van der Waals surface area contributed by atoms with Crippen molar-refractivity contribution in [3.05, 3.63) is 54.1 Å². The van der Waals surface area contributed by atoms with Crippen LogP contribution >= 0.6 is 11.8 Å². The first-order chi connectivity index (χ1) is 14.3. The van der Waals surface area contributed by atoms with Gasteiger partial charge in [0.1, 0.15) is 0 Å². The fraction of sp³-hybridized carbons (Fsp3) is 0.458. The summed E-state index contributed by atoms with van der Waals surface area (Å²) < 4.78 is 0. The zero-order chi connectivity index (χ0) is 20.3. The predicted molar refractivity (Wildman–Crippen MR) is 125 cm³/mol. The fourth-order valence-corrected chi connectivity index (χ4v) is 4.41. The Morgan fingerprint density at radius 3 is 2.55 bits per heavy atom. The van der Waals surface area contributed by atoms with Crippen LogP contribution in [0.25, 0.3) is 0 Å². The van der Waals surface area contributed by atoms with Gasteiger partial charge in [-0.2, -0.15) is 0 Å². The van der Waals surface area contributed by atoms with Crippen LogP contribution in [0.15, 0.2) is 53.4 Å². The van der Waals surface area contributed by atoms with Crippen LogP contribution in [-0.2, 0) is 0 Å². The summed E-state index contributed by atoms with van der Waals surface area (Å²) in [7, 11) is 0. The molecule has 0 aromatic heterocycles. The molecule has 0 bridgehead atoms. The normalized spacial score (nSPS) is 14.0. The van der Waals surface area contributed by atoms with Gasteiger partial charge in [-0.1, -0.05) is 38.7 Å². The molecule has 1 aliphatic heterocycles.